The minimum Gasteiger partial charge on any atom is -0.487 e. The van der Waals surface area contributed by atoms with Gasteiger partial charge in [-0.1, -0.05) is 0 Å². The highest BCUT2D eigenvalue weighted by Gasteiger charge is 2.30. The molecule has 1 aromatic heterocycles. The van der Waals surface area contributed by atoms with Crippen molar-refractivity contribution in [1.82, 2.24) is 5.32 Å². The Hall–Kier alpha value is -2.68. The molecule has 8 nitrogen and oxygen atoms in total. The molecule has 1 aliphatic heterocycles. The summed E-state index contributed by atoms with van der Waals surface area (Å²) in [6, 6.07) is 2.10. The molecule has 3 rings (SSSR count). The van der Waals surface area contributed by atoms with Crippen molar-refractivity contribution in [3.05, 3.63) is 33.7 Å². The lowest BCUT2D eigenvalue weighted by Gasteiger charge is -2.33. The van der Waals surface area contributed by atoms with E-state index in [1.807, 2.05) is 20.1 Å². The first-order chi connectivity index (χ1) is 14.6. The Morgan fingerprint density at radius 2 is 2.10 bits per heavy atom. The van der Waals surface area contributed by atoms with Crippen molar-refractivity contribution in [3.8, 4) is 11.5 Å². The van der Waals surface area contributed by atoms with Gasteiger partial charge in [0.2, 0.25) is 0 Å². The molecule has 0 bridgehead atoms. The number of fused-ring (bicyclic) bond motifs is 3. The van der Waals surface area contributed by atoms with E-state index in [-0.39, 0.29) is 12.2 Å². The van der Waals surface area contributed by atoms with Gasteiger partial charge >= 0.3 is 11.6 Å². The number of carbonyl (C=O) groups is 2. The molecule has 1 aliphatic rings. The van der Waals surface area contributed by atoms with Gasteiger partial charge in [0, 0.05) is 17.7 Å². The number of thioether (sulfide) groups is 1. The first kappa shape index (κ1) is 23.0. The number of aryl methyl sites for hydroxylation is 2. The molecule has 0 unspecified atom stereocenters. The molecule has 0 aliphatic carbocycles. The van der Waals surface area contributed by atoms with Gasteiger partial charge in [0.05, 0.1) is 5.39 Å². The molecule has 1 aromatic carbocycles. The van der Waals surface area contributed by atoms with Crippen LogP contribution in [0.5, 0.6) is 11.5 Å². The number of carboxylic acids is 1. The van der Waals surface area contributed by atoms with Crippen molar-refractivity contribution in [1.29, 1.82) is 0 Å². The summed E-state index contributed by atoms with van der Waals surface area (Å²) in [5.74, 6) is -0.125. The predicted molar refractivity (Wildman–Crippen MR) is 118 cm³/mol. The Labute approximate surface area is 184 Å². The largest absolute Gasteiger partial charge is 0.487 e. The monoisotopic (exact) mass is 449 g/mol. The van der Waals surface area contributed by atoms with Gasteiger partial charge in [-0.05, 0) is 57.6 Å². The Bertz CT molecular complexity index is 1060. The number of hydrogen-bond acceptors (Lipinski definition) is 7. The number of hydrogen-bond donors (Lipinski definition) is 2. The molecule has 1 amide bonds. The third-order valence-electron chi connectivity index (χ3n) is 5.20. The second kappa shape index (κ2) is 9.21. The van der Waals surface area contributed by atoms with Crippen LogP contribution in [0.1, 0.15) is 37.8 Å². The molecule has 2 aromatic rings. The number of amides is 1. The van der Waals surface area contributed by atoms with E-state index in [0.717, 1.165) is 12.0 Å². The maximum atomic E-state index is 12.4. The lowest BCUT2D eigenvalue weighted by atomic mass is 9.92. The summed E-state index contributed by atoms with van der Waals surface area (Å²) in [4.78, 5) is 35.7. The number of aliphatic carboxylic acids is 1. The van der Waals surface area contributed by atoms with Gasteiger partial charge in [-0.2, -0.15) is 11.8 Å². The molecule has 0 radical (unpaired) electrons. The van der Waals surface area contributed by atoms with Gasteiger partial charge in [0.25, 0.3) is 5.91 Å². The molecule has 9 heteroatoms. The van der Waals surface area contributed by atoms with Gasteiger partial charge in [0.15, 0.2) is 6.61 Å². The number of benzene rings is 1. The standard InChI is InChI=1S/C22H27NO7S/c1-12-9-18(25)29-20-13-5-7-22(2,3)30-15(13)10-16(19(12)20)28-11-17(24)23-14(21(26)27)6-8-31-4/h9-10,14H,5-8,11H2,1-4H3,(H,23,24)(H,26,27)/t14-/m0/s1. The van der Waals surface area contributed by atoms with Gasteiger partial charge < -0.3 is 24.3 Å². The number of rotatable bonds is 8. The number of carbonyl (C=O) groups excluding carboxylic acids is 1. The van der Waals surface area contributed by atoms with Crippen LogP contribution in [0.3, 0.4) is 0 Å². The quantitative estimate of drug-likeness (QED) is 0.591. The molecule has 2 heterocycles. The first-order valence-corrected chi connectivity index (χ1v) is 11.4. The lowest BCUT2D eigenvalue weighted by Crippen LogP contribution is -2.43. The van der Waals surface area contributed by atoms with Crippen LogP contribution < -0.4 is 20.4 Å². The van der Waals surface area contributed by atoms with Crippen LogP contribution >= 0.6 is 11.8 Å². The second-order valence-electron chi connectivity index (χ2n) is 8.19. The van der Waals surface area contributed by atoms with E-state index in [9.17, 15) is 19.5 Å². The molecule has 31 heavy (non-hydrogen) atoms. The van der Waals surface area contributed by atoms with E-state index in [0.29, 0.717) is 46.6 Å². The zero-order valence-corrected chi connectivity index (χ0v) is 18.9. The molecular weight excluding hydrogens is 422 g/mol. The SMILES string of the molecule is CSCC[C@H](NC(=O)COc1cc2c(c3oc(=O)cc(C)c13)CCC(C)(C)O2)C(=O)O. The number of carboxylic acid groups (broad SMARTS) is 1. The minimum atomic E-state index is -1.09. The van der Waals surface area contributed by atoms with E-state index in [2.05, 4.69) is 5.32 Å². The van der Waals surface area contributed by atoms with E-state index >= 15 is 0 Å². The molecule has 0 saturated heterocycles. The van der Waals surface area contributed by atoms with Crippen molar-refractivity contribution in [2.45, 2.75) is 51.7 Å². The summed E-state index contributed by atoms with van der Waals surface area (Å²) >= 11 is 1.51. The average Bonchev–Trinajstić information content (AvgIpc) is 2.67. The van der Waals surface area contributed by atoms with E-state index < -0.39 is 23.5 Å². The first-order valence-electron chi connectivity index (χ1n) is 10.0. The van der Waals surface area contributed by atoms with Crippen molar-refractivity contribution >= 4 is 34.6 Å². The molecular formula is C22H27NO7S. The topological polar surface area (TPSA) is 115 Å². The third kappa shape index (κ3) is 5.33. The fourth-order valence-electron chi connectivity index (χ4n) is 3.61. The zero-order valence-electron chi connectivity index (χ0n) is 18.1. The molecule has 0 spiro atoms. The van der Waals surface area contributed by atoms with Gasteiger partial charge in [-0.3, -0.25) is 4.79 Å². The van der Waals surface area contributed by atoms with Crippen LogP contribution in [0.2, 0.25) is 0 Å². The van der Waals surface area contributed by atoms with Crippen LogP contribution in [-0.4, -0.2) is 47.2 Å². The van der Waals surface area contributed by atoms with Gasteiger partial charge in [-0.15, -0.1) is 0 Å². The van der Waals surface area contributed by atoms with Crippen molar-refractivity contribution in [2.75, 3.05) is 18.6 Å². The lowest BCUT2D eigenvalue weighted by molar-refractivity contribution is -0.142. The smallest absolute Gasteiger partial charge is 0.336 e. The molecule has 0 saturated carbocycles. The Balaban J connectivity index is 1.89. The van der Waals surface area contributed by atoms with Crippen LogP contribution in [0, 0.1) is 6.92 Å². The van der Waals surface area contributed by atoms with Crippen LogP contribution in [0.15, 0.2) is 21.3 Å². The van der Waals surface area contributed by atoms with Gasteiger partial charge in [0.1, 0.15) is 28.7 Å². The Morgan fingerprint density at radius 3 is 2.77 bits per heavy atom. The van der Waals surface area contributed by atoms with E-state index in [1.165, 1.54) is 17.8 Å². The molecule has 168 valence electrons. The summed E-state index contributed by atoms with van der Waals surface area (Å²) in [6.07, 6.45) is 3.63. The second-order valence-corrected chi connectivity index (χ2v) is 9.18. The fraction of sp³-hybridized carbons (Fsp3) is 0.500. The highest BCUT2D eigenvalue weighted by Crippen LogP contribution is 2.42. The Morgan fingerprint density at radius 1 is 1.35 bits per heavy atom. The van der Waals surface area contributed by atoms with Crippen LogP contribution in [0.25, 0.3) is 11.0 Å². The highest BCUT2D eigenvalue weighted by atomic mass is 32.2. The van der Waals surface area contributed by atoms with Gasteiger partial charge in [-0.25, -0.2) is 9.59 Å². The average molecular weight is 450 g/mol. The third-order valence-corrected chi connectivity index (χ3v) is 5.85. The number of nitrogens with one attached hydrogen (secondary N) is 1. The maximum absolute atomic E-state index is 12.4. The number of ether oxygens (including phenoxy) is 2. The van der Waals surface area contributed by atoms with Crippen molar-refractivity contribution in [3.63, 3.8) is 0 Å². The van der Waals surface area contributed by atoms with Crippen molar-refractivity contribution in [2.24, 2.45) is 0 Å². The van der Waals surface area contributed by atoms with E-state index in [1.54, 1.807) is 13.0 Å². The van der Waals surface area contributed by atoms with E-state index in [4.69, 9.17) is 13.9 Å². The normalized spacial score (nSPS) is 15.6. The summed E-state index contributed by atoms with van der Waals surface area (Å²) < 4.78 is 17.3. The predicted octanol–water partition coefficient (Wildman–Crippen LogP) is 2.91. The zero-order chi connectivity index (χ0) is 22.8. The van der Waals surface area contributed by atoms with Crippen LogP contribution in [-0.2, 0) is 16.0 Å². The molecule has 0 fully saturated rings. The fourth-order valence-corrected chi connectivity index (χ4v) is 4.08. The van der Waals surface area contributed by atoms with Crippen LogP contribution in [0.4, 0.5) is 0 Å². The summed E-state index contributed by atoms with van der Waals surface area (Å²) in [7, 11) is 0. The summed E-state index contributed by atoms with van der Waals surface area (Å²) in [6.45, 7) is 5.34. The van der Waals surface area contributed by atoms with Crippen molar-refractivity contribution < 1.29 is 28.6 Å². The molecule has 1 atom stereocenters. The molecule has 2 N–H and O–H groups in total. The summed E-state index contributed by atoms with van der Waals surface area (Å²) in [5, 5.41) is 12.4. The summed E-state index contributed by atoms with van der Waals surface area (Å²) in [5.41, 5.74) is 1.01. The highest BCUT2D eigenvalue weighted by molar-refractivity contribution is 7.98. The maximum Gasteiger partial charge on any atom is 0.336 e. The Kier molecular flexibility index (Phi) is 6.83. The minimum absolute atomic E-state index is 0.317.